The fourth-order valence-electron chi connectivity index (χ4n) is 1.68. The van der Waals surface area contributed by atoms with Gasteiger partial charge < -0.3 is 0 Å². The van der Waals surface area contributed by atoms with Crippen LogP contribution in [0.5, 0.6) is 0 Å². The van der Waals surface area contributed by atoms with E-state index in [0.29, 0.717) is 12.0 Å². The fourth-order valence-corrected chi connectivity index (χ4v) is 2.84. The van der Waals surface area contributed by atoms with Crippen LogP contribution in [0.4, 0.5) is 4.39 Å². The predicted octanol–water partition coefficient (Wildman–Crippen LogP) is 5.76. The summed E-state index contributed by atoms with van der Waals surface area (Å²) in [5.41, 5.74) is 1.76. The van der Waals surface area contributed by atoms with Crippen LogP contribution < -0.4 is 0 Å². The minimum absolute atomic E-state index is 0.0592. The topological polar surface area (TPSA) is 0 Å². The van der Waals surface area contributed by atoms with Gasteiger partial charge in [-0.05, 0) is 58.3 Å². The van der Waals surface area contributed by atoms with Crippen LogP contribution in [0.25, 0.3) is 0 Å². The van der Waals surface area contributed by atoms with Gasteiger partial charge in [-0.25, -0.2) is 4.39 Å². The molecule has 0 nitrogen and oxygen atoms in total. The first kappa shape index (κ1) is 14.3. The number of benzene rings is 2. The third kappa shape index (κ3) is 3.45. The average molecular weight is 439 g/mol. The Morgan fingerprint density at radius 2 is 1.94 bits per heavy atom. The summed E-state index contributed by atoms with van der Waals surface area (Å²) in [6.07, 6.45) is 0.601. The van der Waals surface area contributed by atoms with E-state index in [4.69, 9.17) is 11.6 Å². The maximum Gasteiger partial charge on any atom is 0.126 e. The minimum Gasteiger partial charge on any atom is -0.207 e. The molecule has 2 aromatic rings. The molecule has 0 amide bonds. The van der Waals surface area contributed by atoms with E-state index in [0.717, 1.165) is 14.2 Å². The van der Waals surface area contributed by atoms with Crippen molar-refractivity contribution in [3.63, 3.8) is 0 Å². The molecule has 0 radical (unpaired) electrons. The number of alkyl halides is 1. The van der Waals surface area contributed by atoms with Crippen molar-refractivity contribution in [2.45, 2.75) is 11.2 Å². The van der Waals surface area contributed by atoms with Gasteiger partial charge in [0.15, 0.2) is 0 Å². The Kier molecular flexibility index (Phi) is 5.04. The van der Waals surface area contributed by atoms with Crippen LogP contribution in [0, 0.1) is 9.39 Å². The molecule has 0 bridgehead atoms. The molecule has 0 saturated carbocycles. The lowest BCUT2D eigenvalue weighted by molar-refractivity contribution is 0.608. The Morgan fingerprint density at radius 3 is 2.61 bits per heavy atom. The van der Waals surface area contributed by atoms with E-state index in [9.17, 15) is 4.39 Å². The van der Waals surface area contributed by atoms with Crippen molar-refractivity contribution in [2.75, 3.05) is 0 Å². The van der Waals surface area contributed by atoms with Gasteiger partial charge >= 0.3 is 0 Å². The smallest absolute Gasteiger partial charge is 0.126 e. The molecule has 0 aliphatic rings. The molecule has 4 heteroatoms. The van der Waals surface area contributed by atoms with Crippen molar-refractivity contribution in [3.05, 3.63) is 68.0 Å². The van der Waals surface area contributed by atoms with E-state index in [1.54, 1.807) is 12.1 Å². The lowest BCUT2D eigenvalue weighted by Crippen LogP contribution is -1.98. The van der Waals surface area contributed by atoms with Gasteiger partial charge in [-0.1, -0.05) is 51.8 Å². The number of hydrogen-bond donors (Lipinski definition) is 0. The molecule has 0 aliphatic heterocycles. The Hall–Kier alpha value is -0.130. The summed E-state index contributed by atoms with van der Waals surface area (Å²) in [7, 11) is 0. The van der Waals surface area contributed by atoms with Crippen LogP contribution in [0.15, 0.2) is 42.5 Å². The Bertz CT molecular complexity index is 559. The van der Waals surface area contributed by atoms with Gasteiger partial charge in [0.25, 0.3) is 0 Å². The quantitative estimate of drug-likeness (QED) is 0.421. The van der Waals surface area contributed by atoms with E-state index in [-0.39, 0.29) is 10.6 Å². The highest BCUT2D eigenvalue weighted by atomic mass is 127. The minimum atomic E-state index is -0.168. The first-order chi connectivity index (χ1) is 8.58. The lowest BCUT2D eigenvalue weighted by atomic mass is 10.0. The molecule has 1 unspecified atom stereocenters. The Balaban J connectivity index is 2.19. The van der Waals surface area contributed by atoms with Crippen molar-refractivity contribution < 1.29 is 4.39 Å². The second-order valence-electron chi connectivity index (χ2n) is 3.94. The zero-order valence-electron chi connectivity index (χ0n) is 9.34. The van der Waals surface area contributed by atoms with E-state index in [1.807, 2.05) is 24.3 Å². The highest BCUT2D eigenvalue weighted by Gasteiger charge is 2.12. The molecule has 0 heterocycles. The molecular weight excluding hydrogens is 429 g/mol. The summed E-state index contributed by atoms with van der Waals surface area (Å²) in [5.74, 6) is -0.168. The summed E-state index contributed by atoms with van der Waals surface area (Å²) < 4.78 is 14.6. The first-order valence-corrected chi connectivity index (χ1v) is 7.77. The van der Waals surface area contributed by atoms with Crippen LogP contribution in [-0.2, 0) is 6.42 Å². The number of halogens is 4. The largest absolute Gasteiger partial charge is 0.207 e. The van der Waals surface area contributed by atoms with Gasteiger partial charge in [-0.3, -0.25) is 0 Å². The van der Waals surface area contributed by atoms with E-state index in [2.05, 4.69) is 38.5 Å². The molecule has 1 atom stereocenters. The SMILES string of the molecule is Fc1ccccc1CC(Br)c1ccc(I)c(Cl)c1. The zero-order chi connectivity index (χ0) is 13.1. The second kappa shape index (κ2) is 6.35. The van der Waals surface area contributed by atoms with Gasteiger partial charge in [-0.2, -0.15) is 0 Å². The third-order valence-electron chi connectivity index (χ3n) is 2.66. The van der Waals surface area contributed by atoms with Crippen LogP contribution in [0.1, 0.15) is 16.0 Å². The molecule has 0 fully saturated rings. The summed E-state index contributed by atoms with van der Waals surface area (Å²) in [6, 6.07) is 12.7. The van der Waals surface area contributed by atoms with Crippen molar-refractivity contribution >= 4 is 50.1 Å². The van der Waals surface area contributed by atoms with E-state index < -0.39 is 0 Å². The van der Waals surface area contributed by atoms with Gasteiger partial charge in [0.1, 0.15) is 5.82 Å². The van der Waals surface area contributed by atoms with Crippen molar-refractivity contribution in [1.29, 1.82) is 0 Å². The molecule has 18 heavy (non-hydrogen) atoms. The van der Waals surface area contributed by atoms with Crippen LogP contribution >= 0.6 is 50.1 Å². The average Bonchev–Trinajstić information content (AvgIpc) is 2.35. The van der Waals surface area contributed by atoms with Crippen LogP contribution in [0.3, 0.4) is 0 Å². The summed E-state index contributed by atoms with van der Waals surface area (Å²) in [4.78, 5) is 0.0592. The molecule has 0 aliphatic carbocycles. The van der Waals surface area contributed by atoms with Crippen molar-refractivity contribution in [1.82, 2.24) is 0 Å². The monoisotopic (exact) mass is 438 g/mol. The molecule has 0 aromatic heterocycles. The summed E-state index contributed by atoms with van der Waals surface area (Å²) in [6.45, 7) is 0. The van der Waals surface area contributed by atoms with Crippen molar-refractivity contribution in [3.8, 4) is 0 Å². The lowest BCUT2D eigenvalue weighted by Gasteiger charge is -2.12. The van der Waals surface area contributed by atoms with Gasteiger partial charge in [0, 0.05) is 8.40 Å². The van der Waals surface area contributed by atoms with Crippen LogP contribution in [-0.4, -0.2) is 0 Å². The molecule has 0 saturated heterocycles. The maximum atomic E-state index is 13.6. The maximum absolute atomic E-state index is 13.6. The van der Waals surface area contributed by atoms with Gasteiger partial charge in [0.05, 0.1) is 5.02 Å². The summed E-state index contributed by atoms with van der Waals surface area (Å²) >= 11 is 11.9. The molecular formula is C14H10BrClFI. The standard InChI is InChI=1S/C14H10BrClFI/c15-11(7-10-3-1-2-4-13(10)17)9-5-6-14(18)12(16)8-9/h1-6,8,11H,7H2. The molecule has 0 spiro atoms. The van der Waals surface area contributed by atoms with Crippen molar-refractivity contribution in [2.24, 2.45) is 0 Å². The predicted molar refractivity (Wildman–Crippen MR) is 85.9 cm³/mol. The normalized spacial score (nSPS) is 12.4. The molecule has 0 N–H and O–H groups in total. The fraction of sp³-hybridized carbons (Fsp3) is 0.143. The van der Waals surface area contributed by atoms with Crippen LogP contribution in [0.2, 0.25) is 5.02 Å². The number of rotatable bonds is 3. The molecule has 2 aromatic carbocycles. The van der Waals surface area contributed by atoms with E-state index >= 15 is 0 Å². The Labute approximate surface area is 133 Å². The number of hydrogen-bond acceptors (Lipinski definition) is 0. The summed E-state index contributed by atoms with van der Waals surface area (Å²) in [5, 5.41) is 0.728. The highest BCUT2D eigenvalue weighted by molar-refractivity contribution is 14.1. The second-order valence-corrected chi connectivity index (χ2v) is 6.61. The molecule has 94 valence electrons. The van der Waals surface area contributed by atoms with Gasteiger partial charge in [-0.15, -0.1) is 0 Å². The van der Waals surface area contributed by atoms with Gasteiger partial charge in [0.2, 0.25) is 0 Å². The highest BCUT2D eigenvalue weighted by Crippen LogP contribution is 2.31. The first-order valence-electron chi connectivity index (χ1n) is 5.40. The third-order valence-corrected chi connectivity index (χ3v) is 5.09. The molecule has 2 rings (SSSR count). The zero-order valence-corrected chi connectivity index (χ0v) is 13.8. The van der Waals surface area contributed by atoms with E-state index in [1.165, 1.54) is 6.07 Å². The Morgan fingerprint density at radius 1 is 1.22 bits per heavy atom.